The van der Waals surface area contributed by atoms with Crippen molar-refractivity contribution in [2.24, 2.45) is 10.2 Å². The predicted octanol–water partition coefficient (Wildman–Crippen LogP) is 3.91. The molecule has 2 aromatic rings. The van der Waals surface area contributed by atoms with Crippen LogP contribution in [0.25, 0.3) is 0 Å². The number of benzene rings is 2. The minimum absolute atomic E-state index is 0.0210. The number of aryl methyl sites for hydroxylation is 1. The van der Waals surface area contributed by atoms with Crippen LogP contribution in [-0.4, -0.2) is 17.9 Å². The molecular weight excluding hydrogens is 276 g/mol. The van der Waals surface area contributed by atoms with Crippen molar-refractivity contribution in [3.05, 3.63) is 65.2 Å². The zero-order chi connectivity index (χ0) is 15.2. The van der Waals surface area contributed by atoms with Gasteiger partial charge in [-0.15, -0.1) is 0 Å². The molecule has 1 spiro atoms. The summed E-state index contributed by atoms with van der Waals surface area (Å²) in [7, 11) is 0. The molecule has 4 nitrogen and oxygen atoms in total. The van der Waals surface area contributed by atoms with E-state index in [2.05, 4.69) is 41.4 Å². The number of ether oxygens (including phenoxy) is 1. The predicted molar refractivity (Wildman–Crippen MR) is 82.4 cm³/mol. The number of carbonyl (C=O) groups is 1. The smallest absolute Gasteiger partial charge is 0.199 e. The van der Waals surface area contributed by atoms with Crippen molar-refractivity contribution in [1.82, 2.24) is 0 Å². The number of azo groups is 1. The lowest BCUT2D eigenvalue weighted by molar-refractivity contribution is 0.0778. The zero-order valence-corrected chi connectivity index (χ0v) is 12.3. The molecule has 2 aliphatic heterocycles. The number of Topliss-reactive ketones (excluding diaryl/α,β-unsaturated/α-hetero) is 1. The van der Waals surface area contributed by atoms with Crippen LogP contribution in [0.15, 0.2) is 58.8 Å². The lowest BCUT2D eigenvalue weighted by Crippen LogP contribution is -2.44. The average Bonchev–Trinajstić information content (AvgIpc) is 2.98. The molecule has 0 bridgehead atoms. The highest BCUT2D eigenvalue weighted by Gasteiger charge is 2.49. The Labute approximate surface area is 128 Å². The molecule has 0 aromatic heterocycles. The van der Waals surface area contributed by atoms with Crippen LogP contribution in [0.2, 0.25) is 0 Å². The van der Waals surface area contributed by atoms with Gasteiger partial charge in [0, 0.05) is 6.42 Å². The molecule has 2 heterocycles. The molecule has 0 radical (unpaired) electrons. The molecule has 2 aliphatic rings. The summed E-state index contributed by atoms with van der Waals surface area (Å²) in [6.45, 7) is 2.32. The van der Waals surface area contributed by atoms with Crippen molar-refractivity contribution in [2.45, 2.75) is 24.9 Å². The van der Waals surface area contributed by atoms with Crippen molar-refractivity contribution < 1.29 is 9.53 Å². The first-order chi connectivity index (χ1) is 10.7. The summed E-state index contributed by atoms with van der Waals surface area (Å²) in [5.41, 5.74) is 2.05. The van der Waals surface area contributed by atoms with Gasteiger partial charge in [-0.05, 0) is 24.6 Å². The molecule has 22 heavy (non-hydrogen) atoms. The summed E-state index contributed by atoms with van der Waals surface area (Å²) in [6.07, 6.45) is 0.573. The van der Waals surface area contributed by atoms with Gasteiger partial charge >= 0.3 is 0 Å². The van der Waals surface area contributed by atoms with Crippen LogP contribution in [0, 0.1) is 6.92 Å². The minimum Gasteiger partial charge on any atom is -0.490 e. The molecule has 2 aromatic carbocycles. The Morgan fingerprint density at radius 3 is 2.73 bits per heavy atom. The molecule has 2 unspecified atom stereocenters. The molecule has 0 saturated carbocycles. The normalized spacial score (nSPS) is 26.0. The summed E-state index contributed by atoms with van der Waals surface area (Å²) in [5.74, 6) is 0.667. The molecule has 0 aliphatic carbocycles. The van der Waals surface area contributed by atoms with Gasteiger partial charge in [-0.25, -0.2) is 0 Å². The number of hydrogen-bond acceptors (Lipinski definition) is 4. The second-order valence-corrected chi connectivity index (χ2v) is 5.99. The average molecular weight is 292 g/mol. The largest absolute Gasteiger partial charge is 0.490 e. The third-order valence-electron chi connectivity index (χ3n) is 4.40. The fourth-order valence-corrected chi connectivity index (χ4v) is 3.07. The Hall–Kier alpha value is -2.49. The highest BCUT2D eigenvalue weighted by molar-refractivity contribution is 6.06. The number of fused-ring (bicyclic) bond motifs is 1. The van der Waals surface area contributed by atoms with Crippen LogP contribution in [0.1, 0.15) is 33.9 Å². The third-order valence-corrected chi connectivity index (χ3v) is 4.40. The second kappa shape index (κ2) is 4.77. The molecule has 0 amide bonds. The van der Waals surface area contributed by atoms with Crippen molar-refractivity contribution >= 4 is 5.78 Å². The maximum Gasteiger partial charge on any atom is 0.199 e. The van der Waals surface area contributed by atoms with Crippen molar-refractivity contribution in [1.29, 1.82) is 0 Å². The highest BCUT2D eigenvalue weighted by Crippen LogP contribution is 2.43. The fraction of sp³-hybridized carbons (Fsp3) is 0.278. The maximum atomic E-state index is 12.8. The van der Waals surface area contributed by atoms with E-state index in [0.29, 0.717) is 17.7 Å². The van der Waals surface area contributed by atoms with Crippen molar-refractivity contribution in [3.63, 3.8) is 0 Å². The van der Waals surface area contributed by atoms with Crippen molar-refractivity contribution in [2.75, 3.05) is 6.61 Å². The van der Waals surface area contributed by atoms with Crippen LogP contribution in [-0.2, 0) is 0 Å². The van der Waals surface area contributed by atoms with Gasteiger partial charge in [0.1, 0.15) is 12.4 Å². The Balaban J connectivity index is 1.64. The number of rotatable bonds is 1. The molecule has 0 fully saturated rings. The monoisotopic (exact) mass is 292 g/mol. The van der Waals surface area contributed by atoms with Crippen LogP contribution in [0.5, 0.6) is 5.75 Å². The van der Waals surface area contributed by atoms with E-state index in [1.165, 1.54) is 5.56 Å². The van der Waals surface area contributed by atoms with Gasteiger partial charge in [0.15, 0.2) is 11.3 Å². The molecule has 4 rings (SSSR count). The SMILES string of the molecule is Cc1ccc(C2CC3(COc4ccccc4C3=O)N=N2)cc1. The van der Waals surface area contributed by atoms with E-state index in [1.54, 1.807) is 6.07 Å². The summed E-state index contributed by atoms with van der Waals surface area (Å²) in [4.78, 5) is 12.8. The summed E-state index contributed by atoms with van der Waals surface area (Å²) in [5, 5.41) is 8.70. The third kappa shape index (κ3) is 1.95. The van der Waals surface area contributed by atoms with Gasteiger partial charge in [-0.2, -0.15) is 10.2 Å². The van der Waals surface area contributed by atoms with Gasteiger partial charge in [-0.1, -0.05) is 42.0 Å². The van der Waals surface area contributed by atoms with E-state index in [1.807, 2.05) is 18.2 Å². The van der Waals surface area contributed by atoms with E-state index >= 15 is 0 Å². The van der Waals surface area contributed by atoms with Gasteiger partial charge < -0.3 is 4.74 Å². The van der Waals surface area contributed by atoms with Gasteiger partial charge in [0.2, 0.25) is 0 Å². The maximum absolute atomic E-state index is 12.8. The number of hydrogen-bond donors (Lipinski definition) is 0. The summed E-state index contributed by atoms with van der Waals surface area (Å²) >= 11 is 0. The topological polar surface area (TPSA) is 51.0 Å². The van der Waals surface area contributed by atoms with Crippen LogP contribution in [0.4, 0.5) is 0 Å². The molecular formula is C18H16N2O2. The Morgan fingerprint density at radius 2 is 1.91 bits per heavy atom. The summed E-state index contributed by atoms with van der Waals surface area (Å²) < 4.78 is 5.76. The van der Waals surface area contributed by atoms with Crippen LogP contribution < -0.4 is 4.74 Å². The van der Waals surface area contributed by atoms with E-state index < -0.39 is 5.54 Å². The molecule has 2 atom stereocenters. The zero-order valence-electron chi connectivity index (χ0n) is 12.3. The first-order valence-corrected chi connectivity index (χ1v) is 7.43. The number of para-hydroxylation sites is 1. The van der Waals surface area contributed by atoms with E-state index in [4.69, 9.17) is 4.74 Å². The lowest BCUT2D eigenvalue weighted by Gasteiger charge is -2.29. The minimum atomic E-state index is -0.857. The molecule has 0 N–H and O–H groups in total. The second-order valence-electron chi connectivity index (χ2n) is 5.99. The Bertz CT molecular complexity index is 767. The molecule has 0 saturated heterocycles. The Morgan fingerprint density at radius 1 is 1.14 bits per heavy atom. The highest BCUT2D eigenvalue weighted by atomic mass is 16.5. The fourth-order valence-electron chi connectivity index (χ4n) is 3.07. The van der Waals surface area contributed by atoms with Gasteiger partial charge in [-0.3, -0.25) is 4.79 Å². The number of nitrogens with zero attached hydrogens (tertiary/aromatic N) is 2. The number of carbonyl (C=O) groups excluding carboxylic acids is 1. The lowest BCUT2D eigenvalue weighted by atomic mass is 9.82. The first kappa shape index (κ1) is 13.2. The van der Waals surface area contributed by atoms with E-state index in [0.717, 1.165) is 5.56 Å². The van der Waals surface area contributed by atoms with E-state index in [9.17, 15) is 4.79 Å². The van der Waals surface area contributed by atoms with Gasteiger partial charge in [0.25, 0.3) is 0 Å². The quantitative estimate of drug-likeness (QED) is 0.800. The number of ketones is 1. The molecule has 110 valence electrons. The molecule has 4 heteroatoms. The van der Waals surface area contributed by atoms with Crippen LogP contribution >= 0.6 is 0 Å². The van der Waals surface area contributed by atoms with Gasteiger partial charge in [0.05, 0.1) is 11.6 Å². The Kier molecular flexibility index (Phi) is 2.86. The first-order valence-electron chi connectivity index (χ1n) is 7.43. The summed E-state index contributed by atoms with van der Waals surface area (Å²) in [6, 6.07) is 15.5. The van der Waals surface area contributed by atoms with E-state index in [-0.39, 0.29) is 18.4 Å². The van der Waals surface area contributed by atoms with Crippen LogP contribution in [0.3, 0.4) is 0 Å². The van der Waals surface area contributed by atoms with Crippen molar-refractivity contribution in [3.8, 4) is 5.75 Å². The standard InChI is InChI=1S/C18H16N2O2/c1-12-6-8-13(9-7-12)15-10-18(20-19-15)11-22-16-5-3-2-4-14(16)17(18)21/h2-9,15H,10-11H2,1H3.